The summed E-state index contributed by atoms with van der Waals surface area (Å²) in [4.78, 5) is 13.3. The fourth-order valence-corrected chi connectivity index (χ4v) is 2.50. The predicted molar refractivity (Wildman–Crippen MR) is 67.3 cm³/mol. The molecule has 0 aromatic heterocycles. The summed E-state index contributed by atoms with van der Waals surface area (Å²) in [6.45, 7) is 4.03. The first-order valence-electron chi connectivity index (χ1n) is 6.46. The average Bonchev–Trinajstić information content (AvgIpc) is 2.37. The molecule has 0 bridgehead atoms. The van der Waals surface area contributed by atoms with Crippen LogP contribution in [0.2, 0.25) is 0 Å². The lowest BCUT2D eigenvalue weighted by molar-refractivity contribution is 0.0297. The van der Waals surface area contributed by atoms with E-state index >= 15 is 0 Å². The van der Waals surface area contributed by atoms with Crippen molar-refractivity contribution in [3.05, 3.63) is 0 Å². The van der Waals surface area contributed by atoms with Crippen LogP contribution in [-0.2, 0) is 4.74 Å². The summed E-state index contributed by atoms with van der Waals surface area (Å²) in [5.41, 5.74) is 0. The molecule has 18 heavy (non-hydrogen) atoms. The maximum Gasteiger partial charge on any atom is 0.407 e. The number of hydrogen-bond acceptors (Lipinski definition) is 5. The zero-order chi connectivity index (χ0) is 13.5. The number of ether oxygens (including phenoxy) is 1. The number of methoxy groups -OCH3 is 1. The number of hydrogen-bond donors (Lipinski definition) is 3. The van der Waals surface area contributed by atoms with Crippen molar-refractivity contribution in [2.45, 2.75) is 31.9 Å². The first-order valence-corrected chi connectivity index (χ1v) is 6.46. The molecule has 0 aromatic rings. The Hall–Kier alpha value is -0.850. The van der Waals surface area contributed by atoms with Crippen LogP contribution < -0.4 is 5.32 Å². The van der Waals surface area contributed by atoms with Crippen LogP contribution in [-0.4, -0.2) is 66.7 Å². The summed E-state index contributed by atoms with van der Waals surface area (Å²) < 4.78 is 4.59. The molecular weight excluding hydrogens is 236 g/mol. The van der Waals surface area contributed by atoms with Gasteiger partial charge in [-0.05, 0) is 18.8 Å². The first-order chi connectivity index (χ1) is 8.60. The van der Waals surface area contributed by atoms with Crippen molar-refractivity contribution in [2.75, 3.05) is 33.4 Å². The Morgan fingerprint density at radius 2 is 2.28 bits per heavy atom. The molecule has 1 aliphatic rings. The van der Waals surface area contributed by atoms with Gasteiger partial charge in [0.1, 0.15) is 0 Å². The fourth-order valence-electron chi connectivity index (χ4n) is 2.50. The molecule has 1 fully saturated rings. The smallest absolute Gasteiger partial charge is 0.407 e. The van der Waals surface area contributed by atoms with E-state index in [0.717, 1.165) is 13.0 Å². The number of piperidine rings is 1. The number of likely N-dealkylation sites (tertiary alicyclic amines) is 1. The highest BCUT2D eigenvalue weighted by Gasteiger charge is 2.31. The van der Waals surface area contributed by atoms with Crippen molar-refractivity contribution in [3.63, 3.8) is 0 Å². The molecule has 0 saturated carbocycles. The Bertz CT molecular complexity index is 262. The Balaban J connectivity index is 2.58. The minimum atomic E-state index is -0.449. The Morgan fingerprint density at radius 1 is 1.56 bits per heavy atom. The normalized spacial score (nSPS) is 26.7. The number of rotatable bonds is 5. The summed E-state index contributed by atoms with van der Waals surface area (Å²) in [6, 6.07) is -0.0380. The van der Waals surface area contributed by atoms with Crippen molar-refractivity contribution in [1.82, 2.24) is 10.2 Å². The lowest BCUT2D eigenvalue weighted by Gasteiger charge is -2.39. The predicted octanol–water partition coefficient (Wildman–Crippen LogP) is -0.204. The molecule has 1 saturated heterocycles. The van der Waals surface area contributed by atoms with Gasteiger partial charge in [0.2, 0.25) is 0 Å². The SMILES string of the molecule is CCC(O)C1CC(NC(=O)OC)CN(CCO)C1. The summed E-state index contributed by atoms with van der Waals surface area (Å²) >= 11 is 0. The molecule has 0 radical (unpaired) electrons. The second kappa shape index (κ2) is 7.56. The standard InChI is InChI=1S/C12H24N2O4/c1-3-11(16)9-6-10(13-12(17)18-2)8-14(7-9)4-5-15/h9-11,15-16H,3-8H2,1-2H3,(H,13,17). The van der Waals surface area contributed by atoms with Gasteiger partial charge in [0.25, 0.3) is 0 Å². The maximum absolute atomic E-state index is 11.2. The van der Waals surface area contributed by atoms with E-state index in [4.69, 9.17) is 5.11 Å². The van der Waals surface area contributed by atoms with E-state index < -0.39 is 6.09 Å². The second-order valence-electron chi connectivity index (χ2n) is 4.79. The number of β-amino-alcohol motifs (C(OH)–C–C–N with tert-alkyl or cyclic N) is 1. The molecule has 6 nitrogen and oxygen atoms in total. The summed E-state index contributed by atoms with van der Waals surface area (Å²) in [5, 5.41) is 21.7. The van der Waals surface area contributed by atoms with Gasteiger partial charge in [0.15, 0.2) is 0 Å². The van der Waals surface area contributed by atoms with Crippen LogP contribution in [0.15, 0.2) is 0 Å². The van der Waals surface area contributed by atoms with Crippen LogP contribution in [0.1, 0.15) is 19.8 Å². The summed E-state index contributed by atoms with van der Waals surface area (Å²) in [6.07, 6.45) is 0.623. The molecule has 3 unspecified atom stereocenters. The van der Waals surface area contributed by atoms with Crippen LogP contribution in [0, 0.1) is 5.92 Å². The Morgan fingerprint density at radius 3 is 2.83 bits per heavy atom. The van der Waals surface area contributed by atoms with Gasteiger partial charge in [-0.3, -0.25) is 4.90 Å². The molecule has 0 aliphatic carbocycles. The van der Waals surface area contributed by atoms with Gasteiger partial charge in [-0.25, -0.2) is 4.79 Å². The van der Waals surface area contributed by atoms with Gasteiger partial charge in [-0.2, -0.15) is 0 Å². The van der Waals surface area contributed by atoms with Gasteiger partial charge < -0.3 is 20.3 Å². The maximum atomic E-state index is 11.2. The topological polar surface area (TPSA) is 82.0 Å². The van der Waals surface area contributed by atoms with E-state index in [-0.39, 0.29) is 24.7 Å². The van der Waals surface area contributed by atoms with Crippen LogP contribution in [0.5, 0.6) is 0 Å². The monoisotopic (exact) mass is 260 g/mol. The van der Waals surface area contributed by atoms with Crippen LogP contribution >= 0.6 is 0 Å². The van der Waals surface area contributed by atoms with E-state index in [2.05, 4.69) is 15.0 Å². The molecule has 1 amide bonds. The number of amides is 1. The number of nitrogens with zero attached hydrogens (tertiary/aromatic N) is 1. The highest BCUT2D eigenvalue weighted by atomic mass is 16.5. The lowest BCUT2D eigenvalue weighted by Crippen LogP contribution is -2.53. The molecular formula is C12H24N2O4. The first kappa shape index (κ1) is 15.2. The zero-order valence-corrected chi connectivity index (χ0v) is 11.1. The van der Waals surface area contributed by atoms with E-state index in [0.29, 0.717) is 19.5 Å². The van der Waals surface area contributed by atoms with E-state index in [1.54, 1.807) is 0 Å². The number of carbonyl (C=O) groups is 1. The Kier molecular flexibility index (Phi) is 6.38. The largest absolute Gasteiger partial charge is 0.453 e. The molecule has 106 valence electrons. The van der Waals surface area contributed by atoms with Crippen LogP contribution in [0.3, 0.4) is 0 Å². The van der Waals surface area contributed by atoms with Gasteiger partial charge in [-0.1, -0.05) is 6.92 Å². The molecule has 1 rings (SSSR count). The molecule has 3 atom stereocenters. The molecule has 3 N–H and O–H groups in total. The van der Waals surface area contributed by atoms with Gasteiger partial charge in [0.05, 0.1) is 19.8 Å². The lowest BCUT2D eigenvalue weighted by atomic mass is 9.88. The van der Waals surface area contributed by atoms with Crippen molar-refractivity contribution in [2.24, 2.45) is 5.92 Å². The van der Waals surface area contributed by atoms with Crippen molar-refractivity contribution in [3.8, 4) is 0 Å². The fraction of sp³-hybridized carbons (Fsp3) is 0.917. The third kappa shape index (κ3) is 4.44. The number of carbonyl (C=O) groups excluding carboxylic acids is 1. The molecule has 6 heteroatoms. The third-order valence-corrected chi connectivity index (χ3v) is 3.44. The highest BCUT2D eigenvalue weighted by Crippen LogP contribution is 2.21. The van der Waals surface area contributed by atoms with Crippen LogP contribution in [0.25, 0.3) is 0 Å². The minimum Gasteiger partial charge on any atom is -0.453 e. The molecule has 0 aromatic carbocycles. The molecule has 1 aliphatic heterocycles. The number of alkyl carbamates (subject to hydrolysis) is 1. The number of aliphatic hydroxyl groups is 2. The average molecular weight is 260 g/mol. The number of aliphatic hydroxyl groups excluding tert-OH is 2. The summed E-state index contributed by atoms with van der Waals surface area (Å²) in [5.74, 6) is 0.123. The van der Waals surface area contributed by atoms with E-state index in [1.165, 1.54) is 7.11 Å². The molecule has 0 spiro atoms. The highest BCUT2D eigenvalue weighted by molar-refractivity contribution is 5.67. The third-order valence-electron chi connectivity index (χ3n) is 3.44. The van der Waals surface area contributed by atoms with Gasteiger partial charge in [-0.15, -0.1) is 0 Å². The van der Waals surface area contributed by atoms with Crippen LogP contribution in [0.4, 0.5) is 4.79 Å². The Labute approximate surface area is 108 Å². The van der Waals surface area contributed by atoms with Gasteiger partial charge in [0, 0.05) is 25.7 Å². The van der Waals surface area contributed by atoms with Gasteiger partial charge >= 0.3 is 6.09 Å². The van der Waals surface area contributed by atoms with E-state index in [9.17, 15) is 9.90 Å². The van der Waals surface area contributed by atoms with Crippen molar-refractivity contribution < 1.29 is 19.7 Å². The number of nitrogens with one attached hydrogen (secondary N) is 1. The van der Waals surface area contributed by atoms with Crippen molar-refractivity contribution in [1.29, 1.82) is 0 Å². The quantitative estimate of drug-likeness (QED) is 0.637. The zero-order valence-electron chi connectivity index (χ0n) is 11.1. The minimum absolute atomic E-state index is 0.0380. The summed E-state index contributed by atoms with van der Waals surface area (Å²) in [7, 11) is 1.34. The second-order valence-corrected chi connectivity index (χ2v) is 4.79. The van der Waals surface area contributed by atoms with E-state index in [1.807, 2.05) is 6.92 Å². The molecule has 1 heterocycles. The van der Waals surface area contributed by atoms with Crippen molar-refractivity contribution >= 4 is 6.09 Å².